The van der Waals surface area contributed by atoms with Crippen molar-refractivity contribution in [1.82, 2.24) is 0 Å². The molecule has 0 saturated carbocycles. The Hall–Kier alpha value is -2.60. The van der Waals surface area contributed by atoms with Gasteiger partial charge in [-0.15, -0.1) is 0 Å². The van der Waals surface area contributed by atoms with Crippen LogP contribution in [0, 0.1) is 0 Å². The van der Waals surface area contributed by atoms with E-state index in [2.05, 4.69) is 72.8 Å². The van der Waals surface area contributed by atoms with Gasteiger partial charge in [-0.3, -0.25) is 0 Å². The molecule has 0 atom stereocenters. The van der Waals surface area contributed by atoms with Crippen LogP contribution in [0.2, 0.25) is 0 Å². The molecule has 98 valence electrons. The van der Waals surface area contributed by atoms with E-state index in [1.807, 2.05) is 0 Å². The van der Waals surface area contributed by atoms with Crippen LogP contribution >= 0.6 is 0 Å². The van der Waals surface area contributed by atoms with Crippen LogP contribution in [0.1, 0.15) is 11.1 Å². The minimum absolute atomic E-state index is 1.06. The quantitative estimate of drug-likeness (QED) is 0.282. The number of rotatable bonds is 0. The van der Waals surface area contributed by atoms with Crippen molar-refractivity contribution >= 4 is 38.4 Å². The van der Waals surface area contributed by atoms with Crippen molar-refractivity contribution in [3.05, 3.63) is 77.9 Å². The summed E-state index contributed by atoms with van der Waals surface area (Å²) in [6, 6.07) is 22.3. The Labute approximate surface area is 123 Å². The van der Waals surface area contributed by atoms with Gasteiger partial charge in [0.1, 0.15) is 0 Å². The van der Waals surface area contributed by atoms with Crippen LogP contribution in [0.25, 0.3) is 38.4 Å². The number of hydrogen-bond donors (Lipinski definition) is 0. The van der Waals surface area contributed by atoms with Gasteiger partial charge in [0.05, 0.1) is 0 Å². The molecule has 0 aliphatic heterocycles. The monoisotopic (exact) mass is 266 g/mol. The average molecular weight is 266 g/mol. The standard InChI is InChI=1S/C21H14/c1-2-6-18-14(4-1)8-10-16-13-21-17(12-20(16)18)11-9-15-5-3-7-19(15)21/h1-6,8-13H,7H2. The molecule has 5 rings (SSSR count). The van der Waals surface area contributed by atoms with Gasteiger partial charge in [0.2, 0.25) is 0 Å². The van der Waals surface area contributed by atoms with Crippen LogP contribution in [-0.2, 0) is 6.42 Å². The lowest BCUT2D eigenvalue weighted by atomic mass is 9.94. The first-order valence-electron chi connectivity index (χ1n) is 7.44. The van der Waals surface area contributed by atoms with Gasteiger partial charge in [-0.1, -0.05) is 60.7 Å². The molecule has 1 aliphatic rings. The molecule has 0 radical (unpaired) electrons. The molecular formula is C21H14. The number of allylic oxidation sites excluding steroid dienone is 1. The van der Waals surface area contributed by atoms with Gasteiger partial charge < -0.3 is 0 Å². The molecule has 0 amide bonds. The number of fused-ring (bicyclic) bond motifs is 6. The average Bonchev–Trinajstić information content (AvgIpc) is 3.02. The zero-order chi connectivity index (χ0) is 13.8. The maximum atomic E-state index is 2.36. The Morgan fingerprint density at radius 2 is 1.38 bits per heavy atom. The topological polar surface area (TPSA) is 0 Å². The van der Waals surface area contributed by atoms with E-state index < -0.39 is 0 Å². The summed E-state index contributed by atoms with van der Waals surface area (Å²) in [7, 11) is 0. The van der Waals surface area contributed by atoms with Crippen LogP contribution in [0.3, 0.4) is 0 Å². The van der Waals surface area contributed by atoms with E-state index in [-0.39, 0.29) is 0 Å². The molecule has 0 aromatic heterocycles. The summed E-state index contributed by atoms with van der Waals surface area (Å²) >= 11 is 0. The Kier molecular flexibility index (Phi) is 2.09. The molecule has 21 heavy (non-hydrogen) atoms. The van der Waals surface area contributed by atoms with Gasteiger partial charge in [0.25, 0.3) is 0 Å². The van der Waals surface area contributed by atoms with Crippen LogP contribution in [0.4, 0.5) is 0 Å². The van der Waals surface area contributed by atoms with E-state index >= 15 is 0 Å². The van der Waals surface area contributed by atoms with E-state index in [0.29, 0.717) is 0 Å². The Balaban J connectivity index is 1.97. The second-order valence-electron chi connectivity index (χ2n) is 5.82. The SMILES string of the molecule is C1=Cc2ccc3cc4c(ccc5ccccc54)cc3c2C1. The van der Waals surface area contributed by atoms with Crippen LogP contribution in [0.5, 0.6) is 0 Å². The summed E-state index contributed by atoms with van der Waals surface area (Å²) in [5.74, 6) is 0. The molecule has 0 bridgehead atoms. The summed E-state index contributed by atoms with van der Waals surface area (Å²) < 4.78 is 0. The third-order valence-electron chi connectivity index (χ3n) is 4.65. The minimum atomic E-state index is 1.06. The highest BCUT2D eigenvalue weighted by atomic mass is 14.1. The second-order valence-corrected chi connectivity index (χ2v) is 5.82. The highest BCUT2D eigenvalue weighted by molar-refractivity contribution is 6.12. The summed E-state index contributed by atoms with van der Waals surface area (Å²) in [6.45, 7) is 0. The predicted octanol–water partition coefficient (Wildman–Crippen LogP) is 5.72. The van der Waals surface area contributed by atoms with Gasteiger partial charge in [0, 0.05) is 0 Å². The zero-order valence-electron chi connectivity index (χ0n) is 11.6. The van der Waals surface area contributed by atoms with E-state index in [4.69, 9.17) is 0 Å². The summed E-state index contributed by atoms with van der Waals surface area (Å²) in [6.07, 6.45) is 5.56. The molecular weight excluding hydrogens is 252 g/mol. The van der Waals surface area contributed by atoms with E-state index in [1.54, 1.807) is 0 Å². The first-order chi connectivity index (χ1) is 10.4. The molecule has 4 aromatic carbocycles. The fraction of sp³-hybridized carbons (Fsp3) is 0.0476. The Bertz CT molecular complexity index is 1050. The molecule has 0 unspecified atom stereocenters. The Morgan fingerprint density at radius 3 is 2.38 bits per heavy atom. The molecule has 0 heteroatoms. The maximum absolute atomic E-state index is 2.36. The molecule has 0 fully saturated rings. The Morgan fingerprint density at radius 1 is 0.619 bits per heavy atom. The van der Waals surface area contributed by atoms with Crippen molar-refractivity contribution in [2.24, 2.45) is 0 Å². The van der Waals surface area contributed by atoms with Gasteiger partial charge in [-0.2, -0.15) is 0 Å². The van der Waals surface area contributed by atoms with Gasteiger partial charge in [-0.25, -0.2) is 0 Å². The summed E-state index contributed by atoms with van der Waals surface area (Å²) in [4.78, 5) is 0. The number of hydrogen-bond acceptors (Lipinski definition) is 0. The lowest BCUT2D eigenvalue weighted by molar-refractivity contribution is 1.35. The third-order valence-corrected chi connectivity index (χ3v) is 4.65. The lowest BCUT2D eigenvalue weighted by Gasteiger charge is -2.09. The number of benzene rings is 4. The van der Waals surface area contributed by atoms with Gasteiger partial charge >= 0.3 is 0 Å². The van der Waals surface area contributed by atoms with Crippen molar-refractivity contribution in [3.8, 4) is 0 Å². The summed E-state index contributed by atoms with van der Waals surface area (Å²) in [5, 5.41) is 8.09. The van der Waals surface area contributed by atoms with Crippen molar-refractivity contribution < 1.29 is 0 Å². The first kappa shape index (κ1) is 11.1. The van der Waals surface area contributed by atoms with Crippen LogP contribution < -0.4 is 0 Å². The van der Waals surface area contributed by atoms with Crippen LogP contribution in [-0.4, -0.2) is 0 Å². The van der Waals surface area contributed by atoms with Crippen LogP contribution in [0.15, 0.2) is 66.7 Å². The fourth-order valence-corrected chi connectivity index (χ4v) is 3.59. The molecule has 0 saturated heterocycles. The molecule has 4 aromatic rings. The molecule has 0 nitrogen and oxygen atoms in total. The van der Waals surface area contributed by atoms with Crippen molar-refractivity contribution in [2.45, 2.75) is 6.42 Å². The highest BCUT2D eigenvalue weighted by Crippen LogP contribution is 2.34. The highest BCUT2D eigenvalue weighted by Gasteiger charge is 2.10. The summed E-state index contributed by atoms with van der Waals surface area (Å²) in [5.41, 5.74) is 2.85. The van der Waals surface area contributed by atoms with Gasteiger partial charge in [0.15, 0.2) is 0 Å². The molecule has 0 N–H and O–H groups in total. The largest absolute Gasteiger partial charge is 0.0795 e. The molecule has 0 spiro atoms. The first-order valence-corrected chi connectivity index (χ1v) is 7.44. The molecule has 0 heterocycles. The lowest BCUT2D eigenvalue weighted by Crippen LogP contribution is -1.86. The maximum Gasteiger partial charge on any atom is -0.00820 e. The van der Waals surface area contributed by atoms with E-state index in [9.17, 15) is 0 Å². The molecule has 1 aliphatic carbocycles. The minimum Gasteiger partial charge on any atom is -0.0795 e. The predicted molar refractivity (Wildman–Crippen MR) is 91.7 cm³/mol. The van der Waals surface area contributed by atoms with Crippen molar-refractivity contribution in [1.29, 1.82) is 0 Å². The van der Waals surface area contributed by atoms with Crippen molar-refractivity contribution in [3.63, 3.8) is 0 Å². The van der Waals surface area contributed by atoms with Gasteiger partial charge in [-0.05, 0) is 62.0 Å². The third kappa shape index (κ3) is 1.50. The fourth-order valence-electron chi connectivity index (χ4n) is 3.59. The zero-order valence-corrected chi connectivity index (χ0v) is 11.6. The van der Waals surface area contributed by atoms with E-state index in [0.717, 1.165) is 6.42 Å². The van der Waals surface area contributed by atoms with E-state index in [1.165, 1.54) is 43.4 Å². The normalized spacial score (nSPS) is 13.3. The van der Waals surface area contributed by atoms with Crippen molar-refractivity contribution in [2.75, 3.05) is 0 Å². The smallest absolute Gasteiger partial charge is 0.00820 e. The second kappa shape index (κ2) is 3.95.